The van der Waals surface area contributed by atoms with Crippen molar-refractivity contribution in [1.82, 2.24) is 0 Å². The van der Waals surface area contributed by atoms with Crippen LogP contribution in [0.2, 0.25) is 0 Å². The van der Waals surface area contributed by atoms with Crippen molar-refractivity contribution in [3.8, 4) is 0 Å². The van der Waals surface area contributed by atoms with E-state index in [1.54, 1.807) is 17.5 Å². The van der Waals surface area contributed by atoms with Crippen LogP contribution in [0, 0.1) is 0 Å². The smallest absolute Gasteiger partial charge is 0.190 e. The normalized spacial score (nSPS) is 28.1. The first-order valence-corrected chi connectivity index (χ1v) is 7.06. The van der Waals surface area contributed by atoms with Gasteiger partial charge in [0.2, 0.25) is 0 Å². The summed E-state index contributed by atoms with van der Waals surface area (Å²) in [5.74, 6) is 0. The molecule has 1 heterocycles. The van der Waals surface area contributed by atoms with E-state index in [4.69, 9.17) is 5.73 Å². The topological polar surface area (TPSA) is 60.2 Å². The number of thiophene rings is 1. The maximum atomic E-state index is 12.0. The summed E-state index contributed by atoms with van der Waals surface area (Å²) in [4.78, 5) is 0. The molecule has 0 radical (unpaired) electrons. The molecule has 78 valence electrons. The Morgan fingerprint density at radius 2 is 2.21 bits per heavy atom. The Morgan fingerprint density at radius 1 is 1.43 bits per heavy atom. The van der Waals surface area contributed by atoms with Crippen LogP contribution in [0.25, 0.3) is 0 Å². The first-order chi connectivity index (χ1) is 6.60. The van der Waals surface area contributed by atoms with E-state index in [-0.39, 0.29) is 11.3 Å². The Balaban J connectivity index is 2.26. The van der Waals surface area contributed by atoms with Gasteiger partial charge in [-0.2, -0.15) is 0 Å². The maximum absolute atomic E-state index is 12.0. The van der Waals surface area contributed by atoms with Crippen molar-refractivity contribution < 1.29 is 8.42 Å². The zero-order valence-corrected chi connectivity index (χ0v) is 9.35. The zero-order chi connectivity index (χ0) is 10.2. The molecule has 1 aromatic heterocycles. The molecule has 1 aliphatic rings. The van der Waals surface area contributed by atoms with Crippen molar-refractivity contribution >= 4 is 21.2 Å². The van der Waals surface area contributed by atoms with Crippen molar-refractivity contribution in [1.29, 1.82) is 0 Å². The summed E-state index contributed by atoms with van der Waals surface area (Å²) < 4.78 is 24.5. The molecule has 2 rings (SSSR count). The van der Waals surface area contributed by atoms with Crippen molar-refractivity contribution in [2.24, 2.45) is 5.73 Å². The molecule has 2 unspecified atom stereocenters. The zero-order valence-electron chi connectivity index (χ0n) is 7.72. The van der Waals surface area contributed by atoms with E-state index in [0.717, 1.165) is 6.42 Å². The lowest BCUT2D eigenvalue weighted by Crippen LogP contribution is -2.21. The molecule has 3 nitrogen and oxygen atoms in total. The van der Waals surface area contributed by atoms with Crippen LogP contribution in [0.4, 0.5) is 0 Å². The number of hydrogen-bond donors (Lipinski definition) is 1. The summed E-state index contributed by atoms with van der Waals surface area (Å²) in [6, 6.07) is 3.51. The van der Waals surface area contributed by atoms with E-state index >= 15 is 0 Å². The fourth-order valence-corrected chi connectivity index (χ4v) is 4.95. The monoisotopic (exact) mass is 231 g/mol. The highest BCUT2D eigenvalue weighted by Crippen LogP contribution is 2.30. The van der Waals surface area contributed by atoms with E-state index in [9.17, 15) is 8.42 Å². The van der Waals surface area contributed by atoms with Gasteiger partial charge >= 0.3 is 0 Å². The molecule has 14 heavy (non-hydrogen) atoms. The molecule has 0 aromatic carbocycles. The molecule has 0 bridgehead atoms. The SMILES string of the molecule is NC1CCC(S(=O)(=O)c2cccs2)C1. The summed E-state index contributed by atoms with van der Waals surface area (Å²) in [6.45, 7) is 0. The first-order valence-electron chi connectivity index (χ1n) is 4.63. The first kappa shape index (κ1) is 10.1. The van der Waals surface area contributed by atoms with Gasteiger partial charge in [-0.15, -0.1) is 11.3 Å². The molecular weight excluding hydrogens is 218 g/mol. The van der Waals surface area contributed by atoms with Gasteiger partial charge in [0.1, 0.15) is 4.21 Å². The Hall–Kier alpha value is -0.390. The standard InChI is InChI=1S/C9H13NO2S2/c10-7-3-4-8(6-7)14(11,12)9-2-1-5-13-9/h1-2,5,7-8H,3-4,6,10H2. The predicted molar refractivity (Wildman–Crippen MR) is 57.1 cm³/mol. The Bertz CT molecular complexity index is 396. The van der Waals surface area contributed by atoms with Crippen molar-refractivity contribution in [2.75, 3.05) is 0 Å². The third-order valence-electron chi connectivity index (χ3n) is 2.64. The average Bonchev–Trinajstić information content (AvgIpc) is 2.72. The quantitative estimate of drug-likeness (QED) is 0.837. The van der Waals surface area contributed by atoms with Crippen LogP contribution in [0.3, 0.4) is 0 Å². The fourth-order valence-electron chi connectivity index (χ4n) is 1.84. The molecule has 1 saturated carbocycles. The minimum Gasteiger partial charge on any atom is -0.328 e. The summed E-state index contributed by atoms with van der Waals surface area (Å²) in [6.07, 6.45) is 2.15. The molecule has 2 atom stereocenters. The lowest BCUT2D eigenvalue weighted by Gasteiger charge is -2.08. The molecule has 2 N–H and O–H groups in total. The van der Waals surface area contributed by atoms with E-state index < -0.39 is 9.84 Å². The van der Waals surface area contributed by atoms with Gasteiger partial charge in [-0.3, -0.25) is 0 Å². The van der Waals surface area contributed by atoms with Gasteiger partial charge in [0.05, 0.1) is 5.25 Å². The van der Waals surface area contributed by atoms with Gasteiger partial charge in [0, 0.05) is 6.04 Å². The van der Waals surface area contributed by atoms with Crippen LogP contribution in [-0.2, 0) is 9.84 Å². The molecule has 1 aromatic rings. The molecular formula is C9H13NO2S2. The summed E-state index contributed by atoms with van der Waals surface area (Å²) in [7, 11) is -3.09. The number of hydrogen-bond acceptors (Lipinski definition) is 4. The van der Waals surface area contributed by atoms with Crippen LogP contribution in [0.15, 0.2) is 21.7 Å². The Labute approximate surface area is 87.9 Å². The van der Waals surface area contributed by atoms with Gasteiger partial charge in [0.25, 0.3) is 0 Å². The Morgan fingerprint density at radius 3 is 2.71 bits per heavy atom. The van der Waals surface area contributed by atoms with Crippen LogP contribution < -0.4 is 5.73 Å². The van der Waals surface area contributed by atoms with Crippen LogP contribution in [0.5, 0.6) is 0 Å². The largest absolute Gasteiger partial charge is 0.328 e. The minimum atomic E-state index is -3.09. The molecule has 0 spiro atoms. The van der Waals surface area contributed by atoms with E-state index in [1.165, 1.54) is 11.3 Å². The van der Waals surface area contributed by atoms with Gasteiger partial charge in [-0.1, -0.05) is 6.07 Å². The minimum absolute atomic E-state index is 0.0646. The van der Waals surface area contributed by atoms with Gasteiger partial charge in [-0.05, 0) is 30.7 Å². The highest BCUT2D eigenvalue weighted by Gasteiger charge is 2.34. The van der Waals surface area contributed by atoms with Gasteiger partial charge in [0.15, 0.2) is 9.84 Å². The van der Waals surface area contributed by atoms with Crippen LogP contribution in [0.1, 0.15) is 19.3 Å². The average molecular weight is 231 g/mol. The Kier molecular flexibility index (Phi) is 2.64. The van der Waals surface area contributed by atoms with E-state index in [1.807, 2.05) is 0 Å². The third-order valence-corrected chi connectivity index (χ3v) is 6.29. The third kappa shape index (κ3) is 1.71. The van der Waals surface area contributed by atoms with E-state index in [0.29, 0.717) is 17.1 Å². The van der Waals surface area contributed by atoms with Gasteiger partial charge < -0.3 is 5.73 Å². The maximum Gasteiger partial charge on any atom is 0.190 e. The number of nitrogens with two attached hydrogens (primary N) is 1. The van der Waals surface area contributed by atoms with Gasteiger partial charge in [-0.25, -0.2) is 8.42 Å². The summed E-state index contributed by atoms with van der Waals surface area (Å²) in [5, 5.41) is 1.54. The van der Waals surface area contributed by atoms with E-state index in [2.05, 4.69) is 0 Å². The summed E-state index contributed by atoms with van der Waals surface area (Å²) >= 11 is 1.29. The van der Waals surface area contributed by atoms with Crippen LogP contribution in [-0.4, -0.2) is 19.7 Å². The number of sulfone groups is 1. The second-order valence-corrected chi connectivity index (χ2v) is 7.07. The summed E-state index contributed by atoms with van der Waals surface area (Å²) in [5.41, 5.74) is 5.71. The molecule has 5 heteroatoms. The molecule has 0 saturated heterocycles. The lowest BCUT2D eigenvalue weighted by atomic mass is 10.3. The highest BCUT2D eigenvalue weighted by atomic mass is 32.2. The fraction of sp³-hybridized carbons (Fsp3) is 0.556. The van der Waals surface area contributed by atoms with Crippen molar-refractivity contribution in [2.45, 2.75) is 34.8 Å². The molecule has 0 amide bonds. The molecule has 1 fully saturated rings. The highest BCUT2D eigenvalue weighted by molar-refractivity contribution is 7.94. The lowest BCUT2D eigenvalue weighted by molar-refractivity contribution is 0.580. The molecule has 0 aliphatic heterocycles. The predicted octanol–water partition coefficient (Wildman–Crippen LogP) is 1.40. The molecule has 1 aliphatic carbocycles. The van der Waals surface area contributed by atoms with Crippen molar-refractivity contribution in [3.05, 3.63) is 17.5 Å². The second-order valence-electron chi connectivity index (χ2n) is 3.67. The number of rotatable bonds is 2. The second kappa shape index (κ2) is 3.64. The van der Waals surface area contributed by atoms with Crippen LogP contribution >= 0.6 is 11.3 Å². The van der Waals surface area contributed by atoms with Crippen molar-refractivity contribution in [3.63, 3.8) is 0 Å².